The first-order valence-corrected chi connectivity index (χ1v) is 5.15. The van der Waals surface area contributed by atoms with Crippen LogP contribution in [0.3, 0.4) is 0 Å². The number of hydrogen-bond donors (Lipinski definition) is 2. The first-order chi connectivity index (χ1) is 6.06. The molecule has 1 saturated carbocycles. The summed E-state index contributed by atoms with van der Waals surface area (Å²) >= 11 is 0. The van der Waals surface area contributed by atoms with E-state index in [0.29, 0.717) is 19.1 Å². The first kappa shape index (κ1) is 9.44. The Balaban J connectivity index is 2.09. The van der Waals surface area contributed by atoms with E-state index in [2.05, 4.69) is 6.92 Å². The van der Waals surface area contributed by atoms with Crippen molar-refractivity contribution in [2.24, 2.45) is 11.7 Å². The van der Waals surface area contributed by atoms with Gasteiger partial charge >= 0.3 is 0 Å². The fourth-order valence-corrected chi connectivity index (χ4v) is 2.60. The van der Waals surface area contributed by atoms with E-state index < -0.39 is 5.60 Å². The molecule has 0 bridgehead atoms. The van der Waals surface area contributed by atoms with E-state index in [4.69, 9.17) is 10.5 Å². The molecule has 76 valence electrons. The molecule has 1 saturated heterocycles. The summed E-state index contributed by atoms with van der Waals surface area (Å²) in [6, 6.07) is 0. The first-order valence-electron chi connectivity index (χ1n) is 5.15. The summed E-state index contributed by atoms with van der Waals surface area (Å²) in [5.74, 6) is 0.642. The molecule has 3 N–H and O–H groups in total. The Labute approximate surface area is 79.3 Å². The maximum absolute atomic E-state index is 10.2. The zero-order valence-electron chi connectivity index (χ0n) is 8.25. The lowest BCUT2D eigenvalue weighted by Crippen LogP contribution is -2.71. The molecule has 1 aliphatic heterocycles. The zero-order valence-corrected chi connectivity index (χ0v) is 8.25. The fraction of sp³-hybridized carbons (Fsp3) is 1.00. The molecule has 2 rings (SSSR count). The van der Waals surface area contributed by atoms with Gasteiger partial charge in [0.15, 0.2) is 0 Å². The van der Waals surface area contributed by atoms with Crippen LogP contribution < -0.4 is 5.73 Å². The zero-order chi connectivity index (χ0) is 9.53. The average Bonchev–Trinajstić information content (AvgIpc) is 1.99. The molecule has 1 aliphatic carbocycles. The summed E-state index contributed by atoms with van der Waals surface area (Å²) < 4.78 is 5.06. The van der Waals surface area contributed by atoms with Gasteiger partial charge in [0, 0.05) is 5.54 Å². The van der Waals surface area contributed by atoms with Crippen molar-refractivity contribution in [3.8, 4) is 0 Å². The van der Waals surface area contributed by atoms with Crippen LogP contribution in [0.15, 0.2) is 0 Å². The number of rotatable bonds is 1. The number of hydrogen-bond acceptors (Lipinski definition) is 3. The van der Waals surface area contributed by atoms with Crippen molar-refractivity contribution in [1.29, 1.82) is 0 Å². The van der Waals surface area contributed by atoms with Crippen LogP contribution in [0.4, 0.5) is 0 Å². The van der Waals surface area contributed by atoms with Gasteiger partial charge in [-0.1, -0.05) is 19.8 Å². The van der Waals surface area contributed by atoms with Gasteiger partial charge in [0.2, 0.25) is 0 Å². The Bertz CT molecular complexity index is 203. The van der Waals surface area contributed by atoms with Crippen molar-refractivity contribution in [3.05, 3.63) is 0 Å². The van der Waals surface area contributed by atoms with Crippen LogP contribution in [0.25, 0.3) is 0 Å². The number of aliphatic hydroxyl groups is 1. The normalized spacial score (nSPS) is 44.1. The molecule has 2 atom stereocenters. The molecule has 2 fully saturated rings. The van der Waals surface area contributed by atoms with Crippen LogP contribution in [0.1, 0.15) is 32.6 Å². The van der Waals surface area contributed by atoms with E-state index in [1.165, 1.54) is 6.42 Å². The highest BCUT2D eigenvalue weighted by atomic mass is 16.5. The lowest BCUT2D eigenvalue weighted by Gasteiger charge is -2.52. The standard InChI is InChI=1S/C10H19NO2/c1-8-3-2-4-9(11,5-8)10(12)6-13-7-10/h8,12H,2-7,11H2,1H3. The summed E-state index contributed by atoms with van der Waals surface area (Å²) in [7, 11) is 0. The van der Waals surface area contributed by atoms with Gasteiger partial charge < -0.3 is 15.6 Å². The highest BCUT2D eigenvalue weighted by Crippen LogP contribution is 2.40. The van der Waals surface area contributed by atoms with Crippen molar-refractivity contribution in [2.75, 3.05) is 13.2 Å². The maximum atomic E-state index is 10.2. The molecule has 0 aromatic rings. The van der Waals surface area contributed by atoms with Crippen LogP contribution >= 0.6 is 0 Å². The van der Waals surface area contributed by atoms with Crippen molar-refractivity contribution < 1.29 is 9.84 Å². The third kappa shape index (κ3) is 1.39. The van der Waals surface area contributed by atoms with E-state index in [1.54, 1.807) is 0 Å². The van der Waals surface area contributed by atoms with Crippen LogP contribution in [0.5, 0.6) is 0 Å². The summed E-state index contributed by atoms with van der Waals surface area (Å²) in [6.45, 7) is 3.07. The summed E-state index contributed by atoms with van der Waals surface area (Å²) in [5.41, 5.74) is 5.14. The molecule has 0 aromatic heterocycles. The molecule has 2 unspecified atom stereocenters. The Morgan fingerprint density at radius 2 is 2.15 bits per heavy atom. The van der Waals surface area contributed by atoms with Crippen molar-refractivity contribution in [1.82, 2.24) is 0 Å². The van der Waals surface area contributed by atoms with Gasteiger partial charge in [-0.15, -0.1) is 0 Å². The number of nitrogens with two attached hydrogens (primary N) is 1. The fourth-order valence-electron chi connectivity index (χ4n) is 2.60. The Hall–Kier alpha value is -0.120. The Morgan fingerprint density at radius 3 is 2.62 bits per heavy atom. The van der Waals surface area contributed by atoms with E-state index >= 15 is 0 Å². The minimum atomic E-state index is -0.734. The summed E-state index contributed by atoms with van der Waals surface area (Å²) in [6.07, 6.45) is 4.26. The van der Waals surface area contributed by atoms with Crippen molar-refractivity contribution >= 4 is 0 Å². The molecular formula is C10H19NO2. The van der Waals surface area contributed by atoms with Gasteiger partial charge in [-0.25, -0.2) is 0 Å². The molecule has 0 spiro atoms. The molecule has 0 radical (unpaired) electrons. The van der Waals surface area contributed by atoms with Gasteiger partial charge in [-0.2, -0.15) is 0 Å². The van der Waals surface area contributed by atoms with Crippen LogP contribution in [0.2, 0.25) is 0 Å². The molecule has 1 heterocycles. The Morgan fingerprint density at radius 1 is 1.46 bits per heavy atom. The molecule has 0 amide bonds. The Kier molecular flexibility index (Phi) is 2.13. The van der Waals surface area contributed by atoms with Crippen molar-refractivity contribution in [2.45, 2.75) is 43.7 Å². The second-order valence-electron chi connectivity index (χ2n) is 4.88. The molecule has 3 nitrogen and oxygen atoms in total. The predicted molar refractivity (Wildman–Crippen MR) is 50.3 cm³/mol. The highest BCUT2D eigenvalue weighted by molar-refractivity contribution is 5.09. The van der Waals surface area contributed by atoms with E-state index in [9.17, 15) is 5.11 Å². The van der Waals surface area contributed by atoms with Crippen molar-refractivity contribution in [3.63, 3.8) is 0 Å². The molecule has 2 aliphatic rings. The smallest absolute Gasteiger partial charge is 0.129 e. The largest absolute Gasteiger partial charge is 0.383 e. The lowest BCUT2D eigenvalue weighted by molar-refractivity contribution is -0.222. The van der Waals surface area contributed by atoms with Crippen LogP contribution in [0, 0.1) is 5.92 Å². The van der Waals surface area contributed by atoms with Gasteiger partial charge in [-0.3, -0.25) is 0 Å². The topological polar surface area (TPSA) is 55.5 Å². The highest BCUT2D eigenvalue weighted by Gasteiger charge is 2.53. The quantitative estimate of drug-likeness (QED) is 0.631. The minimum absolute atomic E-state index is 0.386. The van der Waals surface area contributed by atoms with E-state index in [-0.39, 0.29) is 5.54 Å². The average molecular weight is 185 g/mol. The van der Waals surface area contributed by atoms with Crippen LogP contribution in [-0.2, 0) is 4.74 Å². The second-order valence-corrected chi connectivity index (χ2v) is 4.88. The van der Waals surface area contributed by atoms with E-state index in [0.717, 1.165) is 19.3 Å². The monoisotopic (exact) mass is 185 g/mol. The molecular weight excluding hydrogens is 166 g/mol. The van der Waals surface area contributed by atoms with Gasteiger partial charge in [-0.05, 0) is 18.8 Å². The third-order valence-electron chi connectivity index (χ3n) is 3.64. The van der Waals surface area contributed by atoms with E-state index in [1.807, 2.05) is 0 Å². The SMILES string of the molecule is CC1CCCC(N)(C2(O)COC2)C1. The number of ether oxygens (including phenoxy) is 1. The molecule has 3 heteroatoms. The summed E-state index contributed by atoms with van der Waals surface area (Å²) in [5, 5.41) is 10.2. The second kappa shape index (κ2) is 2.94. The molecule has 13 heavy (non-hydrogen) atoms. The summed E-state index contributed by atoms with van der Waals surface area (Å²) in [4.78, 5) is 0. The maximum Gasteiger partial charge on any atom is 0.129 e. The van der Waals surface area contributed by atoms with Crippen LogP contribution in [-0.4, -0.2) is 29.5 Å². The van der Waals surface area contributed by atoms with Gasteiger partial charge in [0.25, 0.3) is 0 Å². The third-order valence-corrected chi connectivity index (χ3v) is 3.64. The lowest BCUT2D eigenvalue weighted by atomic mass is 9.66. The minimum Gasteiger partial charge on any atom is -0.383 e. The van der Waals surface area contributed by atoms with Gasteiger partial charge in [0.1, 0.15) is 5.60 Å². The van der Waals surface area contributed by atoms with Gasteiger partial charge in [0.05, 0.1) is 13.2 Å². The molecule has 0 aromatic carbocycles. The predicted octanol–water partition coefficient (Wildman–Crippen LogP) is 0.655.